The summed E-state index contributed by atoms with van der Waals surface area (Å²) in [6.45, 7) is 1.36. The van der Waals surface area contributed by atoms with Crippen molar-refractivity contribution in [2.45, 2.75) is 30.3 Å². The third-order valence-electron chi connectivity index (χ3n) is 4.65. The van der Waals surface area contributed by atoms with Gasteiger partial charge in [-0.15, -0.1) is 0 Å². The molecule has 1 unspecified atom stereocenters. The monoisotopic (exact) mass is 421 g/mol. The first-order valence-electron chi connectivity index (χ1n) is 9.21. The number of halogens is 1. The highest BCUT2D eigenvalue weighted by Crippen LogP contribution is 2.24. The highest BCUT2D eigenvalue weighted by molar-refractivity contribution is 7.84. The molecule has 0 saturated carbocycles. The fraction of sp³-hybridized carbons (Fsp3) is 0.381. The third kappa shape index (κ3) is 5.80. The van der Waals surface area contributed by atoms with Crippen molar-refractivity contribution in [2.24, 2.45) is 0 Å². The van der Waals surface area contributed by atoms with E-state index in [2.05, 4.69) is 5.32 Å². The van der Waals surface area contributed by atoms with Gasteiger partial charge in [-0.1, -0.05) is 23.7 Å². The molecule has 0 bridgehead atoms. The lowest BCUT2D eigenvalue weighted by Gasteiger charge is -2.21. The molecular formula is C21H24ClNO4S. The van der Waals surface area contributed by atoms with Crippen molar-refractivity contribution >= 4 is 34.0 Å². The van der Waals surface area contributed by atoms with Crippen LogP contribution in [0.15, 0.2) is 42.5 Å². The van der Waals surface area contributed by atoms with E-state index in [1.165, 1.54) is 0 Å². The van der Waals surface area contributed by atoms with E-state index in [0.29, 0.717) is 35.4 Å². The zero-order chi connectivity index (χ0) is 19.9. The number of nitrogens with one attached hydrogen (secondary N) is 1. The van der Waals surface area contributed by atoms with Gasteiger partial charge in [0, 0.05) is 51.3 Å². The number of benzene rings is 2. The predicted molar refractivity (Wildman–Crippen MR) is 112 cm³/mol. The second kappa shape index (κ2) is 10.0. The molecule has 28 heavy (non-hydrogen) atoms. The minimum atomic E-state index is -0.941. The molecule has 0 spiro atoms. The molecule has 2 aromatic carbocycles. The Morgan fingerprint density at radius 3 is 2.79 bits per heavy atom. The number of carbonyl (C=O) groups excluding carboxylic acids is 1. The van der Waals surface area contributed by atoms with Gasteiger partial charge in [-0.2, -0.15) is 0 Å². The molecule has 1 atom stereocenters. The Balaban J connectivity index is 1.61. The second-order valence-corrected chi connectivity index (χ2v) is 8.87. The normalized spacial score (nSPS) is 15.8. The van der Waals surface area contributed by atoms with Crippen LogP contribution in [0, 0.1) is 0 Å². The average Bonchev–Trinajstić information content (AvgIpc) is 2.69. The van der Waals surface area contributed by atoms with Gasteiger partial charge in [-0.05, 0) is 48.7 Å². The number of hydrogen-bond acceptors (Lipinski definition) is 4. The Bertz CT molecular complexity index is 852. The molecule has 1 saturated heterocycles. The number of carbonyl (C=O) groups is 1. The Hall–Kier alpha value is -1.89. The van der Waals surface area contributed by atoms with Crippen LogP contribution in [0.3, 0.4) is 0 Å². The van der Waals surface area contributed by atoms with Crippen LogP contribution in [0.25, 0.3) is 0 Å². The fourth-order valence-corrected chi connectivity index (χ4v) is 4.88. The summed E-state index contributed by atoms with van der Waals surface area (Å²) in [6.07, 6.45) is 1.83. The first-order valence-corrected chi connectivity index (χ1v) is 11.0. The number of methoxy groups -OCH3 is 1. The average molecular weight is 422 g/mol. The van der Waals surface area contributed by atoms with Gasteiger partial charge < -0.3 is 14.8 Å². The van der Waals surface area contributed by atoms with E-state index in [1.54, 1.807) is 25.3 Å². The summed E-state index contributed by atoms with van der Waals surface area (Å²) < 4.78 is 23.2. The molecule has 150 valence electrons. The maximum absolute atomic E-state index is 12.6. The summed E-state index contributed by atoms with van der Waals surface area (Å²) in [5.74, 6) is 0.944. The standard InChI is InChI=1S/C21H24ClNO4S/c1-26-20-6-5-17(22)12-16(20)13-21(24)23-18-4-2-3-15(11-18)14-28(25)19-7-9-27-10-8-19/h2-6,11-12,19H,7-10,13-14H2,1H3,(H,23,24). The van der Waals surface area contributed by atoms with Gasteiger partial charge in [0.15, 0.2) is 0 Å². The van der Waals surface area contributed by atoms with E-state index in [0.717, 1.165) is 24.0 Å². The third-order valence-corrected chi connectivity index (χ3v) is 6.72. The van der Waals surface area contributed by atoms with E-state index in [1.807, 2.05) is 24.3 Å². The Labute approximate surface area is 172 Å². The van der Waals surface area contributed by atoms with Crippen LogP contribution in [0.1, 0.15) is 24.0 Å². The predicted octanol–water partition coefficient (Wildman–Crippen LogP) is 3.96. The van der Waals surface area contributed by atoms with Crippen LogP contribution in [-0.2, 0) is 32.5 Å². The van der Waals surface area contributed by atoms with Crippen molar-refractivity contribution in [3.8, 4) is 5.75 Å². The van der Waals surface area contributed by atoms with Crippen molar-refractivity contribution in [2.75, 3.05) is 25.6 Å². The number of hydrogen-bond donors (Lipinski definition) is 1. The van der Waals surface area contributed by atoms with Gasteiger partial charge in [-0.25, -0.2) is 0 Å². The second-order valence-electron chi connectivity index (χ2n) is 6.72. The van der Waals surface area contributed by atoms with Crippen molar-refractivity contribution in [1.82, 2.24) is 0 Å². The van der Waals surface area contributed by atoms with Gasteiger partial charge in [-0.3, -0.25) is 9.00 Å². The number of amides is 1. The maximum atomic E-state index is 12.6. The van der Waals surface area contributed by atoms with E-state index < -0.39 is 10.8 Å². The zero-order valence-corrected chi connectivity index (χ0v) is 17.4. The Morgan fingerprint density at radius 1 is 1.25 bits per heavy atom. The van der Waals surface area contributed by atoms with Crippen LogP contribution >= 0.6 is 11.6 Å². The summed E-state index contributed by atoms with van der Waals surface area (Å²) in [4.78, 5) is 12.5. The molecule has 1 aliphatic heterocycles. The Morgan fingerprint density at radius 2 is 2.04 bits per heavy atom. The first kappa shape index (κ1) is 20.8. The number of rotatable bonds is 7. The van der Waals surface area contributed by atoms with Crippen molar-refractivity contribution in [3.63, 3.8) is 0 Å². The molecule has 1 aliphatic rings. The molecular weight excluding hydrogens is 398 g/mol. The first-order chi connectivity index (χ1) is 13.5. The van der Waals surface area contributed by atoms with Crippen LogP contribution in [0.5, 0.6) is 5.75 Å². The summed E-state index contributed by atoms with van der Waals surface area (Å²) >= 11 is 6.03. The molecule has 0 aliphatic carbocycles. The van der Waals surface area contributed by atoms with Gasteiger partial charge in [0.05, 0.1) is 13.5 Å². The summed E-state index contributed by atoms with van der Waals surface area (Å²) in [5.41, 5.74) is 2.36. The van der Waals surface area contributed by atoms with E-state index >= 15 is 0 Å². The molecule has 2 aromatic rings. The molecule has 0 aromatic heterocycles. The SMILES string of the molecule is COc1ccc(Cl)cc1CC(=O)Nc1cccc(CS(=O)C2CCOCC2)c1. The lowest BCUT2D eigenvalue weighted by Crippen LogP contribution is -2.25. The van der Waals surface area contributed by atoms with E-state index in [9.17, 15) is 9.00 Å². The van der Waals surface area contributed by atoms with E-state index in [-0.39, 0.29) is 17.6 Å². The Kier molecular flexibility index (Phi) is 7.48. The molecule has 0 radical (unpaired) electrons. The van der Waals surface area contributed by atoms with Crippen molar-refractivity contribution in [3.05, 3.63) is 58.6 Å². The summed E-state index contributed by atoms with van der Waals surface area (Å²) in [7, 11) is 0.621. The van der Waals surface area contributed by atoms with Crippen LogP contribution < -0.4 is 10.1 Å². The number of ether oxygens (including phenoxy) is 2. The molecule has 5 nitrogen and oxygen atoms in total. The number of anilines is 1. The van der Waals surface area contributed by atoms with Crippen LogP contribution in [-0.4, -0.2) is 35.7 Å². The van der Waals surface area contributed by atoms with Gasteiger partial charge >= 0.3 is 0 Å². The molecule has 1 N–H and O–H groups in total. The van der Waals surface area contributed by atoms with Gasteiger partial charge in [0.2, 0.25) is 5.91 Å². The highest BCUT2D eigenvalue weighted by Gasteiger charge is 2.20. The fourth-order valence-electron chi connectivity index (χ4n) is 3.22. The lowest BCUT2D eigenvalue weighted by atomic mass is 10.1. The largest absolute Gasteiger partial charge is 0.496 e. The van der Waals surface area contributed by atoms with Crippen molar-refractivity contribution < 1.29 is 18.5 Å². The molecule has 7 heteroatoms. The molecule has 3 rings (SSSR count). The highest BCUT2D eigenvalue weighted by atomic mass is 35.5. The van der Waals surface area contributed by atoms with E-state index in [4.69, 9.17) is 21.1 Å². The lowest BCUT2D eigenvalue weighted by molar-refractivity contribution is -0.115. The van der Waals surface area contributed by atoms with Crippen LogP contribution in [0.2, 0.25) is 5.02 Å². The molecule has 1 heterocycles. The topological polar surface area (TPSA) is 64.6 Å². The van der Waals surface area contributed by atoms with Gasteiger partial charge in [0.1, 0.15) is 5.75 Å². The quantitative estimate of drug-likeness (QED) is 0.735. The molecule has 1 fully saturated rings. The van der Waals surface area contributed by atoms with Gasteiger partial charge in [0.25, 0.3) is 0 Å². The van der Waals surface area contributed by atoms with Crippen molar-refractivity contribution in [1.29, 1.82) is 0 Å². The smallest absolute Gasteiger partial charge is 0.228 e. The minimum absolute atomic E-state index is 0.155. The summed E-state index contributed by atoms with van der Waals surface area (Å²) in [5, 5.41) is 3.64. The maximum Gasteiger partial charge on any atom is 0.228 e. The zero-order valence-electron chi connectivity index (χ0n) is 15.8. The minimum Gasteiger partial charge on any atom is -0.496 e. The summed E-state index contributed by atoms with van der Waals surface area (Å²) in [6, 6.07) is 12.7. The molecule has 1 amide bonds. The van der Waals surface area contributed by atoms with Crippen LogP contribution in [0.4, 0.5) is 5.69 Å².